The average Bonchev–Trinajstić information content (AvgIpc) is 2.94. The topological polar surface area (TPSA) is 76.4 Å². The van der Waals surface area contributed by atoms with Crippen LogP contribution in [0, 0.1) is 5.41 Å². The minimum atomic E-state index is -3.63. The van der Waals surface area contributed by atoms with Crippen molar-refractivity contribution >= 4 is 16.3 Å². The summed E-state index contributed by atoms with van der Waals surface area (Å²) in [5, 5.41) is -0.202. The summed E-state index contributed by atoms with van der Waals surface area (Å²) in [6.07, 6.45) is 3.56. The minimum Gasteiger partial charge on any atom is -0.440 e. The molecule has 1 aliphatic carbocycles. The quantitative estimate of drug-likeness (QED) is 0.785. The molecule has 0 radical (unpaired) electrons. The van der Waals surface area contributed by atoms with Crippen LogP contribution in [0.5, 0.6) is 0 Å². The molecule has 5 nitrogen and oxygen atoms in total. The van der Waals surface area contributed by atoms with Crippen LogP contribution in [-0.4, -0.2) is 21.2 Å². The van der Waals surface area contributed by atoms with Crippen LogP contribution in [-0.2, 0) is 10.0 Å². The van der Waals surface area contributed by atoms with Gasteiger partial charge in [0.2, 0.25) is 5.09 Å². The van der Waals surface area contributed by atoms with Crippen molar-refractivity contribution in [2.45, 2.75) is 31.3 Å². The Hall–Kier alpha value is -1.14. The normalized spacial score (nSPS) is 17.9. The Labute approximate surface area is 100 Å². The van der Waals surface area contributed by atoms with Crippen molar-refractivity contribution in [1.82, 2.24) is 4.72 Å². The first-order valence-corrected chi connectivity index (χ1v) is 7.04. The molecule has 0 unspecified atom stereocenters. The first-order valence-electron chi connectivity index (χ1n) is 5.56. The van der Waals surface area contributed by atoms with E-state index in [9.17, 15) is 13.2 Å². The van der Waals surface area contributed by atoms with Gasteiger partial charge in [0.25, 0.3) is 10.0 Å². The fourth-order valence-corrected chi connectivity index (χ4v) is 2.79. The summed E-state index contributed by atoms with van der Waals surface area (Å²) in [6.45, 7) is 2.49. The Morgan fingerprint density at radius 3 is 2.65 bits per heavy atom. The number of hydrogen-bond donors (Lipinski definition) is 1. The first-order chi connectivity index (χ1) is 8.01. The van der Waals surface area contributed by atoms with Crippen molar-refractivity contribution in [3.63, 3.8) is 0 Å². The van der Waals surface area contributed by atoms with Gasteiger partial charge in [0.05, 0.1) is 0 Å². The first kappa shape index (κ1) is 12.3. The highest BCUT2D eigenvalue weighted by Gasteiger charge is 2.41. The van der Waals surface area contributed by atoms with E-state index in [0.717, 1.165) is 19.3 Å². The van der Waals surface area contributed by atoms with Crippen molar-refractivity contribution in [2.24, 2.45) is 5.41 Å². The minimum absolute atomic E-state index is 0.0157. The molecule has 1 aromatic rings. The Balaban J connectivity index is 2.06. The van der Waals surface area contributed by atoms with Gasteiger partial charge in [-0.2, -0.15) is 0 Å². The molecule has 0 bridgehead atoms. The van der Waals surface area contributed by atoms with Gasteiger partial charge >= 0.3 is 0 Å². The molecule has 17 heavy (non-hydrogen) atoms. The third-order valence-electron chi connectivity index (χ3n) is 3.33. The van der Waals surface area contributed by atoms with Crippen molar-refractivity contribution in [2.75, 3.05) is 6.54 Å². The maximum absolute atomic E-state index is 11.8. The van der Waals surface area contributed by atoms with E-state index in [2.05, 4.69) is 11.6 Å². The van der Waals surface area contributed by atoms with Gasteiger partial charge in [-0.1, -0.05) is 6.92 Å². The lowest BCUT2D eigenvalue weighted by atomic mass is 10.1. The van der Waals surface area contributed by atoms with Crippen LogP contribution < -0.4 is 4.72 Å². The number of carbonyl (C=O) groups is 1. The molecule has 0 atom stereocenters. The second-order valence-corrected chi connectivity index (χ2v) is 6.15. The maximum Gasteiger partial charge on any atom is 0.273 e. The molecule has 1 aliphatic rings. The van der Waals surface area contributed by atoms with Gasteiger partial charge in [0.15, 0.2) is 12.0 Å². The maximum atomic E-state index is 11.8. The third kappa shape index (κ3) is 2.58. The lowest BCUT2D eigenvalue weighted by molar-refractivity contribution is 0.109. The fraction of sp³-hybridized carbons (Fsp3) is 0.545. The van der Waals surface area contributed by atoms with Crippen LogP contribution in [0.4, 0.5) is 0 Å². The largest absolute Gasteiger partial charge is 0.440 e. The summed E-state index contributed by atoms with van der Waals surface area (Å²) in [5.74, 6) is 0.0157. The molecule has 94 valence electrons. The van der Waals surface area contributed by atoms with Crippen molar-refractivity contribution in [3.05, 3.63) is 17.9 Å². The van der Waals surface area contributed by atoms with Gasteiger partial charge < -0.3 is 4.42 Å². The molecular formula is C11H15NO4S. The zero-order chi connectivity index (χ0) is 12.5. The highest BCUT2D eigenvalue weighted by atomic mass is 32.2. The van der Waals surface area contributed by atoms with Gasteiger partial charge in [0.1, 0.15) is 0 Å². The van der Waals surface area contributed by atoms with Gasteiger partial charge in [-0.3, -0.25) is 4.79 Å². The number of nitrogens with one attached hydrogen (secondary N) is 1. The smallest absolute Gasteiger partial charge is 0.273 e. The number of aldehydes is 1. The molecule has 1 fully saturated rings. The van der Waals surface area contributed by atoms with Gasteiger partial charge in [-0.15, -0.1) is 0 Å². The summed E-state index contributed by atoms with van der Waals surface area (Å²) in [4.78, 5) is 10.4. The third-order valence-corrected chi connectivity index (χ3v) is 4.60. The number of furan rings is 1. The molecule has 1 N–H and O–H groups in total. The molecule has 0 aliphatic heterocycles. The molecule has 2 rings (SSSR count). The number of rotatable bonds is 6. The fourth-order valence-electron chi connectivity index (χ4n) is 1.69. The lowest BCUT2D eigenvalue weighted by Gasteiger charge is -2.12. The van der Waals surface area contributed by atoms with Crippen LogP contribution in [0.15, 0.2) is 21.6 Å². The molecule has 0 spiro atoms. The SMILES string of the molecule is CCC1(CNS(=O)(=O)c2ccc(C=O)o2)CC1. The van der Waals surface area contributed by atoms with Gasteiger partial charge in [-0.25, -0.2) is 13.1 Å². The number of carbonyl (C=O) groups excluding carboxylic acids is 1. The molecular weight excluding hydrogens is 242 g/mol. The van der Waals surface area contributed by atoms with Crippen LogP contribution in [0.2, 0.25) is 0 Å². The van der Waals surface area contributed by atoms with Crippen LogP contribution in [0.1, 0.15) is 36.7 Å². The summed E-state index contributed by atoms with van der Waals surface area (Å²) >= 11 is 0. The molecule has 0 aromatic carbocycles. The second-order valence-electron chi connectivity index (χ2n) is 4.45. The Morgan fingerprint density at radius 1 is 1.47 bits per heavy atom. The molecule has 0 saturated heterocycles. The summed E-state index contributed by atoms with van der Waals surface area (Å²) < 4.78 is 31.1. The van der Waals surface area contributed by atoms with E-state index in [0.29, 0.717) is 12.8 Å². The predicted octanol–water partition coefficient (Wildman–Crippen LogP) is 1.56. The van der Waals surface area contributed by atoms with Crippen LogP contribution in [0.25, 0.3) is 0 Å². The zero-order valence-electron chi connectivity index (χ0n) is 9.60. The van der Waals surface area contributed by atoms with E-state index >= 15 is 0 Å². The van der Waals surface area contributed by atoms with E-state index < -0.39 is 10.0 Å². The predicted molar refractivity (Wildman–Crippen MR) is 61.2 cm³/mol. The average molecular weight is 257 g/mol. The molecule has 0 amide bonds. The zero-order valence-corrected chi connectivity index (χ0v) is 10.4. The van der Waals surface area contributed by atoms with Crippen LogP contribution in [0.3, 0.4) is 0 Å². The molecule has 6 heteroatoms. The molecule has 1 aromatic heterocycles. The van der Waals surface area contributed by atoms with Gasteiger partial charge in [0, 0.05) is 6.54 Å². The highest BCUT2D eigenvalue weighted by molar-refractivity contribution is 7.89. The van der Waals surface area contributed by atoms with Crippen molar-refractivity contribution in [1.29, 1.82) is 0 Å². The van der Waals surface area contributed by atoms with Crippen molar-refractivity contribution < 1.29 is 17.6 Å². The number of sulfonamides is 1. The molecule has 1 heterocycles. The Bertz CT molecular complexity index is 513. The van der Waals surface area contributed by atoms with E-state index in [1.807, 2.05) is 0 Å². The Kier molecular flexibility index (Phi) is 3.09. The standard InChI is InChI=1S/C11H15NO4S/c1-2-11(5-6-11)8-12-17(14,15)10-4-3-9(7-13)16-10/h3-4,7,12H,2,5-6,8H2,1H3. The van der Waals surface area contributed by atoms with Gasteiger partial charge in [-0.05, 0) is 36.8 Å². The summed E-state index contributed by atoms with van der Waals surface area (Å²) in [6, 6.07) is 2.63. The van der Waals surface area contributed by atoms with E-state index in [4.69, 9.17) is 4.42 Å². The monoisotopic (exact) mass is 257 g/mol. The second kappa shape index (κ2) is 4.27. The van der Waals surface area contributed by atoms with E-state index in [1.165, 1.54) is 12.1 Å². The lowest BCUT2D eigenvalue weighted by Crippen LogP contribution is -2.29. The summed E-state index contributed by atoms with van der Waals surface area (Å²) in [5.41, 5.74) is 0.132. The van der Waals surface area contributed by atoms with E-state index in [-0.39, 0.29) is 16.3 Å². The summed E-state index contributed by atoms with van der Waals surface area (Å²) in [7, 11) is -3.63. The molecule has 1 saturated carbocycles. The van der Waals surface area contributed by atoms with E-state index in [1.54, 1.807) is 0 Å². The van der Waals surface area contributed by atoms with Crippen LogP contribution >= 0.6 is 0 Å². The number of hydrogen-bond acceptors (Lipinski definition) is 4. The highest BCUT2D eigenvalue weighted by Crippen LogP contribution is 2.48. The van der Waals surface area contributed by atoms with Crippen molar-refractivity contribution in [3.8, 4) is 0 Å². The Morgan fingerprint density at radius 2 is 2.18 bits per heavy atom.